The monoisotopic (exact) mass is 255 g/mol. The van der Waals surface area contributed by atoms with Gasteiger partial charge in [0.25, 0.3) is 0 Å². The van der Waals surface area contributed by atoms with Crippen LogP contribution in [-0.2, 0) is 16.0 Å². The first kappa shape index (κ1) is 13.1. The van der Waals surface area contributed by atoms with Gasteiger partial charge in [-0.15, -0.1) is 0 Å². The summed E-state index contributed by atoms with van der Waals surface area (Å²) in [5, 5.41) is 0. The fourth-order valence-corrected chi connectivity index (χ4v) is 2.04. The van der Waals surface area contributed by atoms with Crippen LogP contribution in [0.1, 0.15) is 12.5 Å². The summed E-state index contributed by atoms with van der Waals surface area (Å²) in [6.07, 6.45) is -0.300. The third-order valence-electron chi connectivity index (χ3n) is 3.55. The predicted octanol–water partition coefficient (Wildman–Crippen LogP) is 1.44. The second-order valence-electron chi connectivity index (χ2n) is 4.84. The number of Topliss-reactive ketones (excluding diaryl/α,β-unsaturated/α-hetero) is 1. The van der Waals surface area contributed by atoms with Gasteiger partial charge in [-0.1, -0.05) is 6.07 Å². The summed E-state index contributed by atoms with van der Waals surface area (Å²) in [6, 6.07) is 3.11. The molecule has 1 aromatic rings. The van der Waals surface area contributed by atoms with E-state index in [0.29, 0.717) is 6.61 Å². The quantitative estimate of drug-likeness (QED) is 0.889. The fourth-order valence-electron chi connectivity index (χ4n) is 2.04. The summed E-state index contributed by atoms with van der Waals surface area (Å²) in [4.78, 5) is 12.2. The minimum absolute atomic E-state index is 0.197. The van der Waals surface area contributed by atoms with Gasteiger partial charge in [-0.05, 0) is 19.1 Å². The van der Waals surface area contributed by atoms with E-state index in [1.807, 2.05) is 0 Å². The molecule has 2 rings (SSSR count). The average molecular weight is 255 g/mol. The van der Waals surface area contributed by atoms with Crippen LogP contribution in [0.15, 0.2) is 18.2 Å². The second kappa shape index (κ2) is 4.74. The Labute approximate surface area is 104 Å². The Balaban J connectivity index is 2.22. The Bertz CT molecular complexity index is 458. The molecule has 0 aliphatic carbocycles. The Hall–Kier alpha value is -1.33. The normalized spacial score (nSPS) is 27.4. The van der Waals surface area contributed by atoms with Crippen LogP contribution in [0.4, 0.5) is 8.78 Å². The molecule has 0 bridgehead atoms. The lowest BCUT2D eigenvalue weighted by Gasteiger charge is -2.25. The maximum atomic E-state index is 13.5. The Morgan fingerprint density at radius 2 is 2.11 bits per heavy atom. The van der Waals surface area contributed by atoms with E-state index in [2.05, 4.69) is 0 Å². The van der Waals surface area contributed by atoms with Gasteiger partial charge < -0.3 is 10.5 Å². The average Bonchev–Trinajstić information content (AvgIpc) is 2.66. The highest BCUT2D eigenvalue weighted by atomic mass is 19.1. The molecular weight excluding hydrogens is 240 g/mol. The van der Waals surface area contributed by atoms with Crippen molar-refractivity contribution in [3.8, 4) is 0 Å². The zero-order chi connectivity index (χ0) is 13.3. The lowest BCUT2D eigenvalue weighted by atomic mass is 9.79. The fraction of sp³-hybridized carbons (Fsp3) is 0.462. The molecule has 3 nitrogen and oxygen atoms in total. The molecule has 2 unspecified atom stereocenters. The molecule has 2 atom stereocenters. The van der Waals surface area contributed by atoms with Crippen LogP contribution in [0.3, 0.4) is 0 Å². The van der Waals surface area contributed by atoms with E-state index in [0.717, 1.165) is 12.1 Å². The van der Waals surface area contributed by atoms with Crippen molar-refractivity contribution in [2.24, 2.45) is 11.1 Å². The van der Waals surface area contributed by atoms with Crippen molar-refractivity contribution in [3.05, 3.63) is 35.4 Å². The van der Waals surface area contributed by atoms with Gasteiger partial charge in [-0.3, -0.25) is 4.79 Å². The Morgan fingerprint density at radius 1 is 1.50 bits per heavy atom. The second-order valence-corrected chi connectivity index (χ2v) is 4.84. The van der Waals surface area contributed by atoms with E-state index < -0.39 is 23.1 Å². The maximum absolute atomic E-state index is 13.5. The molecule has 1 aliphatic heterocycles. The Kier molecular flexibility index (Phi) is 3.45. The van der Waals surface area contributed by atoms with Crippen LogP contribution in [0.2, 0.25) is 0 Å². The van der Waals surface area contributed by atoms with E-state index in [4.69, 9.17) is 10.5 Å². The SMILES string of the molecule is CC1(C(=O)Cc2c(F)cccc2F)COCC1N. The number of nitrogens with two attached hydrogens (primary N) is 1. The van der Waals surface area contributed by atoms with E-state index in [9.17, 15) is 13.6 Å². The van der Waals surface area contributed by atoms with Gasteiger partial charge in [0, 0.05) is 18.0 Å². The molecule has 1 aromatic carbocycles. The molecule has 0 radical (unpaired) electrons. The van der Waals surface area contributed by atoms with Crippen molar-refractivity contribution < 1.29 is 18.3 Å². The first-order valence-electron chi connectivity index (χ1n) is 5.74. The smallest absolute Gasteiger partial charge is 0.147 e. The molecule has 0 spiro atoms. The molecule has 1 heterocycles. The zero-order valence-electron chi connectivity index (χ0n) is 10.1. The summed E-state index contributed by atoms with van der Waals surface area (Å²) in [5.74, 6) is -1.71. The van der Waals surface area contributed by atoms with Gasteiger partial charge in [0.15, 0.2) is 0 Å². The number of halogens is 2. The van der Waals surface area contributed by atoms with Crippen molar-refractivity contribution in [2.45, 2.75) is 19.4 Å². The predicted molar refractivity (Wildman–Crippen MR) is 62.0 cm³/mol. The van der Waals surface area contributed by atoms with E-state index >= 15 is 0 Å². The van der Waals surface area contributed by atoms with E-state index in [1.54, 1.807) is 6.92 Å². The number of hydrogen-bond acceptors (Lipinski definition) is 3. The van der Waals surface area contributed by atoms with Gasteiger partial charge in [-0.25, -0.2) is 8.78 Å². The summed E-state index contributed by atoms with van der Waals surface area (Å²) < 4.78 is 32.1. The molecule has 0 amide bonds. The standard InChI is InChI=1S/C13H15F2NO2/c1-13(7-18-6-11(13)16)12(17)5-8-9(14)3-2-4-10(8)15/h2-4,11H,5-7,16H2,1H3. The molecule has 5 heteroatoms. The van der Waals surface area contributed by atoms with E-state index in [-0.39, 0.29) is 24.4 Å². The molecule has 18 heavy (non-hydrogen) atoms. The number of carbonyl (C=O) groups is 1. The van der Waals surface area contributed by atoms with Crippen molar-refractivity contribution in [1.29, 1.82) is 0 Å². The molecule has 0 saturated carbocycles. The number of ketones is 1. The van der Waals surface area contributed by atoms with Crippen molar-refractivity contribution >= 4 is 5.78 Å². The highest BCUT2D eigenvalue weighted by molar-refractivity contribution is 5.87. The maximum Gasteiger partial charge on any atom is 0.147 e. The van der Waals surface area contributed by atoms with Gasteiger partial charge in [0.2, 0.25) is 0 Å². The van der Waals surface area contributed by atoms with Crippen LogP contribution in [0.25, 0.3) is 0 Å². The van der Waals surface area contributed by atoms with Gasteiger partial charge in [0.1, 0.15) is 17.4 Å². The molecule has 2 N–H and O–H groups in total. The first-order chi connectivity index (χ1) is 8.45. The van der Waals surface area contributed by atoms with Crippen LogP contribution in [-0.4, -0.2) is 25.0 Å². The van der Waals surface area contributed by atoms with Crippen molar-refractivity contribution in [2.75, 3.05) is 13.2 Å². The molecule has 0 aromatic heterocycles. The number of carbonyl (C=O) groups excluding carboxylic acids is 1. The van der Waals surface area contributed by atoms with Crippen LogP contribution in [0, 0.1) is 17.0 Å². The highest BCUT2D eigenvalue weighted by Gasteiger charge is 2.44. The number of rotatable bonds is 3. The van der Waals surface area contributed by atoms with E-state index in [1.165, 1.54) is 6.07 Å². The van der Waals surface area contributed by atoms with Crippen LogP contribution < -0.4 is 5.73 Å². The lowest BCUT2D eigenvalue weighted by molar-refractivity contribution is -0.127. The first-order valence-corrected chi connectivity index (χ1v) is 5.74. The third-order valence-corrected chi connectivity index (χ3v) is 3.55. The third kappa shape index (κ3) is 2.15. The molecular formula is C13H15F2NO2. The zero-order valence-corrected chi connectivity index (χ0v) is 10.1. The van der Waals surface area contributed by atoms with Crippen LogP contribution in [0.5, 0.6) is 0 Å². The molecule has 98 valence electrons. The number of benzene rings is 1. The number of ether oxygens (including phenoxy) is 1. The Morgan fingerprint density at radius 3 is 2.61 bits per heavy atom. The number of hydrogen-bond donors (Lipinski definition) is 1. The summed E-state index contributed by atoms with van der Waals surface area (Å²) in [5.41, 5.74) is 4.74. The molecule has 1 aliphatic rings. The summed E-state index contributed by atoms with van der Waals surface area (Å²) >= 11 is 0. The lowest BCUT2D eigenvalue weighted by Crippen LogP contribution is -2.45. The summed E-state index contributed by atoms with van der Waals surface area (Å²) in [6.45, 7) is 2.16. The van der Waals surface area contributed by atoms with Gasteiger partial charge in [-0.2, -0.15) is 0 Å². The van der Waals surface area contributed by atoms with Crippen LogP contribution >= 0.6 is 0 Å². The van der Waals surface area contributed by atoms with Gasteiger partial charge >= 0.3 is 0 Å². The van der Waals surface area contributed by atoms with Crippen molar-refractivity contribution in [1.82, 2.24) is 0 Å². The molecule has 1 fully saturated rings. The topological polar surface area (TPSA) is 52.3 Å². The minimum atomic E-state index is -0.866. The molecule has 1 saturated heterocycles. The largest absolute Gasteiger partial charge is 0.379 e. The van der Waals surface area contributed by atoms with Gasteiger partial charge in [0.05, 0.1) is 18.6 Å². The highest BCUT2D eigenvalue weighted by Crippen LogP contribution is 2.30. The minimum Gasteiger partial charge on any atom is -0.379 e. The van der Waals surface area contributed by atoms with Crippen molar-refractivity contribution in [3.63, 3.8) is 0 Å². The summed E-state index contributed by atoms with van der Waals surface area (Å²) in [7, 11) is 0.